The van der Waals surface area contributed by atoms with Gasteiger partial charge in [0, 0.05) is 32.4 Å². The summed E-state index contributed by atoms with van der Waals surface area (Å²) < 4.78 is 0. The predicted octanol–water partition coefficient (Wildman–Crippen LogP) is 1.13. The second-order valence-corrected chi connectivity index (χ2v) is 5.97. The lowest BCUT2D eigenvalue weighted by Gasteiger charge is -2.26. The third kappa shape index (κ3) is 2.84. The van der Waals surface area contributed by atoms with Gasteiger partial charge in [0.2, 0.25) is 5.95 Å². The Labute approximate surface area is 134 Å². The molecule has 3 rings (SSSR count). The van der Waals surface area contributed by atoms with E-state index < -0.39 is 0 Å². The standard InChI is InChI=1S/C15H21N7O/c1-9-7-12(19-15(16)18-9)22-6-4-5-11(22)13-10(8-17-20-13)14(23)21(2)3/h7-8,11H,4-6H2,1-3H3,(H,17,20)(H2,16,18,19)/t11-/m1/s1. The summed E-state index contributed by atoms with van der Waals surface area (Å²) in [7, 11) is 3.47. The van der Waals surface area contributed by atoms with Gasteiger partial charge in [-0.25, -0.2) is 4.98 Å². The fourth-order valence-electron chi connectivity index (χ4n) is 3.02. The Kier molecular flexibility index (Phi) is 3.89. The third-order valence-electron chi connectivity index (χ3n) is 4.04. The van der Waals surface area contributed by atoms with Crippen LogP contribution in [0.1, 0.15) is 40.6 Å². The van der Waals surface area contributed by atoms with Gasteiger partial charge in [0.05, 0.1) is 23.5 Å². The van der Waals surface area contributed by atoms with Crippen molar-refractivity contribution in [3.8, 4) is 0 Å². The van der Waals surface area contributed by atoms with Crippen LogP contribution in [0.2, 0.25) is 0 Å². The van der Waals surface area contributed by atoms with Gasteiger partial charge in [-0.05, 0) is 19.8 Å². The van der Waals surface area contributed by atoms with Gasteiger partial charge in [0.1, 0.15) is 5.82 Å². The number of H-pyrrole nitrogens is 1. The van der Waals surface area contributed by atoms with Crippen LogP contribution in [-0.2, 0) is 0 Å². The molecule has 8 heteroatoms. The first-order valence-electron chi connectivity index (χ1n) is 7.60. The van der Waals surface area contributed by atoms with Crippen molar-refractivity contribution in [3.63, 3.8) is 0 Å². The number of anilines is 2. The van der Waals surface area contributed by atoms with Gasteiger partial charge in [-0.3, -0.25) is 9.89 Å². The van der Waals surface area contributed by atoms with E-state index in [9.17, 15) is 4.79 Å². The number of rotatable bonds is 3. The number of hydrogen-bond donors (Lipinski definition) is 2. The molecule has 3 heterocycles. The van der Waals surface area contributed by atoms with Crippen molar-refractivity contribution in [3.05, 3.63) is 29.2 Å². The Hall–Kier alpha value is -2.64. The lowest BCUT2D eigenvalue weighted by molar-refractivity contribution is 0.0826. The highest BCUT2D eigenvalue weighted by Gasteiger charge is 2.32. The molecule has 0 aliphatic carbocycles. The average Bonchev–Trinajstić information content (AvgIpc) is 3.13. The van der Waals surface area contributed by atoms with E-state index in [-0.39, 0.29) is 17.9 Å². The molecule has 0 bridgehead atoms. The van der Waals surface area contributed by atoms with Crippen molar-refractivity contribution in [1.29, 1.82) is 0 Å². The van der Waals surface area contributed by atoms with Crippen LogP contribution >= 0.6 is 0 Å². The molecule has 0 aromatic carbocycles. The van der Waals surface area contributed by atoms with Crippen LogP contribution in [-0.4, -0.2) is 51.6 Å². The number of carbonyl (C=O) groups excluding carboxylic acids is 1. The van der Waals surface area contributed by atoms with Crippen molar-refractivity contribution >= 4 is 17.7 Å². The Morgan fingerprint density at radius 2 is 2.22 bits per heavy atom. The van der Waals surface area contributed by atoms with Crippen LogP contribution in [0.4, 0.5) is 11.8 Å². The lowest BCUT2D eigenvalue weighted by Crippen LogP contribution is -2.28. The predicted molar refractivity (Wildman–Crippen MR) is 87.1 cm³/mol. The summed E-state index contributed by atoms with van der Waals surface area (Å²) in [6, 6.07) is 1.95. The molecule has 8 nitrogen and oxygen atoms in total. The number of aromatic nitrogens is 4. The smallest absolute Gasteiger partial charge is 0.256 e. The summed E-state index contributed by atoms with van der Waals surface area (Å²) in [6.07, 6.45) is 3.54. The molecular weight excluding hydrogens is 294 g/mol. The fourth-order valence-corrected chi connectivity index (χ4v) is 3.02. The molecule has 1 aliphatic heterocycles. The molecule has 1 fully saturated rings. The molecule has 1 saturated heterocycles. The van der Waals surface area contributed by atoms with Gasteiger partial charge in [0.25, 0.3) is 5.91 Å². The average molecular weight is 315 g/mol. The van der Waals surface area contributed by atoms with E-state index in [0.717, 1.165) is 36.6 Å². The van der Waals surface area contributed by atoms with E-state index in [2.05, 4.69) is 25.1 Å². The fraction of sp³-hybridized carbons (Fsp3) is 0.467. The Morgan fingerprint density at radius 3 is 2.91 bits per heavy atom. The number of hydrogen-bond acceptors (Lipinski definition) is 6. The zero-order chi connectivity index (χ0) is 16.6. The highest BCUT2D eigenvalue weighted by molar-refractivity contribution is 5.95. The Morgan fingerprint density at radius 1 is 1.43 bits per heavy atom. The molecule has 0 saturated carbocycles. The highest BCUT2D eigenvalue weighted by atomic mass is 16.2. The van der Waals surface area contributed by atoms with E-state index >= 15 is 0 Å². The van der Waals surface area contributed by atoms with Crippen LogP contribution in [0.5, 0.6) is 0 Å². The summed E-state index contributed by atoms with van der Waals surface area (Å²) in [5.41, 5.74) is 8.04. The van der Waals surface area contributed by atoms with Gasteiger partial charge in [-0.15, -0.1) is 0 Å². The minimum absolute atomic E-state index is 0.0325. The summed E-state index contributed by atoms with van der Waals surface area (Å²) in [6.45, 7) is 2.75. The van der Waals surface area contributed by atoms with E-state index in [0.29, 0.717) is 5.56 Å². The van der Waals surface area contributed by atoms with Crippen LogP contribution in [0.3, 0.4) is 0 Å². The van der Waals surface area contributed by atoms with Crippen molar-refractivity contribution in [2.75, 3.05) is 31.3 Å². The molecule has 0 unspecified atom stereocenters. The molecule has 23 heavy (non-hydrogen) atoms. The number of aromatic amines is 1. The van der Waals surface area contributed by atoms with Crippen molar-refractivity contribution < 1.29 is 4.79 Å². The normalized spacial score (nSPS) is 17.5. The number of amides is 1. The molecule has 2 aromatic rings. The Bertz CT molecular complexity index is 704. The number of nitrogens with two attached hydrogens (primary N) is 1. The second kappa shape index (κ2) is 5.86. The van der Waals surface area contributed by atoms with Crippen LogP contribution in [0.25, 0.3) is 0 Å². The molecule has 122 valence electrons. The van der Waals surface area contributed by atoms with Crippen molar-refractivity contribution in [2.45, 2.75) is 25.8 Å². The van der Waals surface area contributed by atoms with Crippen molar-refractivity contribution in [1.82, 2.24) is 25.1 Å². The van der Waals surface area contributed by atoms with Crippen molar-refractivity contribution in [2.24, 2.45) is 0 Å². The van der Waals surface area contributed by atoms with Gasteiger partial charge < -0.3 is 15.5 Å². The largest absolute Gasteiger partial charge is 0.368 e. The highest BCUT2D eigenvalue weighted by Crippen LogP contribution is 2.36. The van der Waals surface area contributed by atoms with E-state index in [1.165, 1.54) is 0 Å². The van der Waals surface area contributed by atoms with Crippen LogP contribution < -0.4 is 10.6 Å². The molecule has 0 spiro atoms. The second-order valence-electron chi connectivity index (χ2n) is 5.97. The SMILES string of the molecule is Cc1cc(N2CCC[C@@H]2c2[nH]ncc2C(=O)N(C)C)nc(N)n1. The zero-order valence-corrected chi connectivity index (χ0v) is 13.6. The third-order valence-corrected chi connectivity index (χ3v) is 4.04. The maximum Gasteiger partial charge on any atom is 0.256 e. The number of nitrogen functional groups attached to an aromatic ring is 1. The summed E-state index contributed by atoms with van der Waals surface area (Å²) >= 11 is 0. The number of nitrogens with one attached hydrogen (secondary N) is 1. The van der Waals surface area contributed by atoms with Gasteiger partial charge in [-0.2, -0.15) is 10.1 Å². The summed E-state index contributed by atoms with van der Waals surface area (Å²) in [5, 5.41) is 7.08. The first-order valence-corrected chi connectivity index (χ1v) is 7.60. The quantitative estimate of drug-likeness (QED) is 0.880. The number of nitrogens with zero attached hydrogens (tertiary/aromatic N) is 5. The van der Waals surface area contributed by atoms with Crippen LogP contribution in [0, 0.1) is 6.92 Å². The lowest BCUT2D eigenvalue weighted by atomic mass is 10.1. The molecule has 1 aliphatic rings. The van der Waals surface area contributed by atoms with E-state index in [1.807, 2.05) is 13.0 Å². The molecule has 2 aromatic heterocycles. The van der Waals surface area contributed by atoms with E-state index in [1.54, 1.807) is 25.2 Å². The molecule has 1 amide bonds. The topological polar surface area (TPSA) is 104 Å². The first-order chi connectivity index (χ1) is 11.0. The maximum absolute atomic E-state index is 12.3. The van der Waals surface area contributed by atoms with E-state index in [4.69, 9.17) is 5.73 Å². The molecular formula is C15H21N7O. The molecule has 3 N–H and O–H groups in total. The minimum atomic E-state index is -0.0565. The monoisotopic (exact) mass is 315 g/mol. The zero-order valence-electron chi connectivity index (χ0n) is 13.6. The van der Waals surface area contributed by atoms with Gasteiger partial charge >= 0.3 is 0 Å². The molecule has 0 radical (unpaired) electrons. The number of carbonyl (C=O) groups is 1. The van der Waals surface area contributed by atoms with Gasteiger partial charge in [0.15, 0.2) is 0 Å². The number of aryl methyl sites for hydroxylation is 1. The summed E-state index contributed by atoms with van der Waals surface area (Å²) in [5.74, 6) is 0.995. The maximum atomic E-state index is 12.3. The minimum Gasteiger partial charge on any atom is -0.368 e. The summed E-state index contributed by atoms with van der Waals surface area (Å²) in [4.78, 5) is 24.5. The first kappa shape index (κ1) is 15.3. The Balaban J connectivity index is 1.97. The van der Waals surface area contributed by atoms with Gasteiger partial charge in [-0.1, -0.05) is 0 Å². The van der Waals surface area contributed by atoms with Crippen LogP contribution in [0.15, 0.2) is 12.3 Å². The molecule has 1 atom stereocenters.